The van der Waals surface area contributed by atoms with Crippen molar-refractivity contribution in [2.24, 2.45) is 4.99 Å². The zero-order chi connectivity index (χ0) is 19.6. The molecule has 142 valence electrons. The molecular formula is C22H27N3OS. The summed E-state index contributed by atoms with van der Waals surface area (Å²) in [5.41, 5.74) is 4.16. The molecule has 27 heavy (non-hydrogen) atoms. The second-order valence-electron chi connectivity index (χ2n) is 7.84. The molecule has 1 aliphatic heterocycles. The highest BCUT2D eigenvalue weighted by Crippen LogP contribution is 2.31. The van der Waals surface area contributed by atoms with Crippen molar-refractivity contribution in [2.75, 3.05) is 10.8 Å². The number of aryl methyl sites for hydroxylation is 1. The lowest BCUT2D eigenvalue weighted by Gasteiger charge is -2.37. The number of rotatable bonds is 3. The van der Waals surface area contributed by atoms with Gasteiger partial charge in [-0.3, -0.25) is 14.8 Å². The van der Waals surface area contributed by atoms with Gasteiger partial charge in [-0.15, -0.1) is 0 Å². The molecule has 1 fully saturated rings. The minimum absolute atomic E-state index is 0.0192. The lowest BCUT2D eigenvalue weighted by Crippen LogP contribution is -2.50. The van der Waals surface area contributed by atoms with Gasteiger partial charge in [-0.05, 0) is 57.4 Å². The number of amidine groups is 1. The number of benzene rings is 2. The van der Waals surface area contributed by atoms with E-state index in [4.69, 9.17) is 4.99 Å². The van der Waals surface area contributed by atoms with Crippen LogP contribution < -0.4 is 4.90 Å². The number of anilines is 1. The van der Waals surface area contributed by atoms with E-state index in [-0.39, 0.29) is 11.6 Å². The van der Waals surface area contributed by atoms with E-state index in [2.05, 4.69) is 40.7 Å². The zero-order valence-corrected chi connectivity index (χ0v) is 17.5. The Labute approximate surface area is 166 Å². The highest BCUT2D eigenvalue weighted by molar-refractivity contribution is 8.14. The van der Waals surface area contributed by atoms with Crippen LogP contribution in [-0.4, -0.2) is 27.5 Å². The van der Waals surface area contributed by atoms with E-state index in [9.17, 15) is 4.79 Å². The fraction of sp³-hybridized carbons (Fsp3) is 0.364. The minimum Gasteiger partial charge on any atom is -0.284 e. The van der Waals surface area contributed by atoms with Crippen molar-refractivity contribution < 1.29 is 4.79 Å². The summed E-state index contributed by atoms with van der Waals surface area (Å²) in [4.78, 5) is 21.9. The van der Waals surface area contributed by atoms with Crippen molar-refractivity contribution in [1.82, 2.24) is 4.90 Å². The molecule has 3 rings (SSSR count). The molecule has 5 heteroatoms. The number of nitrogens with zero attached hydrogens (tertiary/aromatic N) is 3. The van der Waals surface area contributed by atoms with Crippen LogP contribution in [0.1, 0.15) is 37.5 Å². The van der Waals surface area contributed by atoms with Gasteiger partial charge < -0.3 is 0 Å². The monoisotopic (exact) mass is 381 g/mol. The highest BCUT2D eigenvalue weighted by Gasteiger charge is 2.34. The summed E-state index contributed by atoms with van der Waals surface area (Å²) in [6.07, 6.45) is 0. The van der Waals surface area contributed by atoms with Crippen molar-refractivity contribution in [3.8, 4) is 0 Å². The molecule has 1 saturated heterocycles. The van der Waals surface area contributed by atoms with Crippen LogP contribution in [0.4, 0.5) is 10.5 Å². The van der Waals surface area contributed by atoms with Gasteiger partial charge in [0.1, 0.15) is 0 Å². The molecule has 0 saturated carbocycles. The second-order valence-corrected chi connectivity index (χ2v) is 8.75. The van der Waals surface area contributed by atoms with Crippen LogP contribution in [0, 0.1) is 13.8 Å². The lowest BCUT2D eigenvalue weighted by molar-refractivity contribution is 0.226. The number of hydrogen-bond acceptors (Lipinski definition) is 3. The number of urea groups is 1. The topological polar surface area (TPSA) is 35.9 Å². The number of hydrogen-bond donors (Lipinski definition) is 0. The summed E-state index contributed by atoms with van der Waals surface area (Å²) in [6.45, 7) is 10.8. The summed E-state index contributed by atoms with van der Waals surface area (Å²) in [6, 6.07) is 16.2. The lowest BCUT2D eigenvalue weighted by atomic mass is 10.1. The summed E-state index contributed by atoms with van der Waals surface area (Å²) < 4.78 is 0. The SMILES string of the molecule is Cc1cccc(N2CSC(=NC(C)(C)C)N(Cc3ccccc3)C2=O)c1C. The largest absolute Gasteiger partial charge is 0.331 e. The van der Waals surface area contributed by atoms with Crippen LogP contribution in [0.3, 0.4) is 0 Å². The molecule has 0 radical (unpaired) electrons. The maximum absolute atomic E-state index is 13.4. The predicted molar refractivity (Wildman–Crippen MR) is 115 cm³/mol. The van der Waals surface area contributed by atoms with Crippen molar-refractivity contribution in [1.29, 1.82) is 0 Å². The van der Waals surface area contributed by atoms with E-state index < -0.39 is 0 Å². The van der Waals surface area contributed by atoms with Crippen LogP contribution >= 0.6 is 11.8 Å². The molecule has 0 atom stereocenters. The molecule has 4 nitrogen and oxygen atoms in total. The average Bonchev–Trinajstić information content (AvgIpc) is 2.61. The first-order chi connectivity index (χ1) is 12.8. The van der Waals surface area contributed by atoms with Gasteiger partial charge >= 0.3 is 6.03 Å². The van der Waals surface area contributed by atoms with E-state index in [0.29, 0.717) is 12.4 Å². The first-order valence-corrected chi connectivity index (χ1v) is 10.2. The Morgan fingerprint density at radius 2 is 1.74 bits per heavy atom. The third-order valence-corrected chi connectivity index (χ3v) is 5.45. The molecule has 0 unspecified atom stereocenters. The Morgan fingerprint density at radius 3 is 2.41 bits per heavy atom. The van der Waals surface area contributed by atoms with Crippen LogP contribution in [0.15, 0.2) is 53.5 Å². The molecule has 0 N–H and O–H groups in total. The first-order valence-electron chi connectivity index (χ1n) is 9.18. The maximum Gasteiger partial charge on any atom is 0.331 e. The van der Waals surface area contributed by atoms with Crippen LogP contribution in [0.2, 0.25) is 0 Å². The zero-order valence-electron chi connectivity index (χ0n) is 16.7. The van der Waals surface area contributed by atoms with Crippen molar-refractivity contribution >= 4 is 28.6 Å². The van der Waals surface area contributed by atoms with Crippen molar-refractivity contribution in [3.63, 3.8) is 0 Å². The van der Waals surface area contributed by atoms with Gasteiger partial charge in [0.05, 0.1) is 18.0 Å². The molecular weight excluding hydrogens is 354 g/mol. The number of carbonyl (C=O) groups excluding carboxylic acids is 1. The molecule has 1 heterocycles. The van der Waals surface area contributed by atoms with Crippen LogP contribution in [-0.2, 0) is 6.54 Å². The molecule has 0 aromatic heterocycles. The standard InChI is InChI=1S/C22H27N3OS/c1-16-10-9-13-19(17(16)2)25-15-27-20(23-22(3,4)5)24(21(25)26)14-18-11-7-6-8-12-18/h6-13H,14-15H2,1-5H3. The van der Waals surface area contributed by atoms with Gasteiger partial charge in [0.2, 0.25) is 0 Å². The number of carbonyl (C=O) groups is 1. The summed E-state index contributed by atoms with van der Waals surface area (Å²) in [5, 5.41) is 0.790. The molecule has 0 aliphatic carbocycles. The molecule has 2 aromatic carbocycles. The van der Waals surface area contributed by atoms with Gasteiger partial charge in [-0.1, -0.05) is 54.2 Å². The predicted octanol–water partition coefficient (Wildman–Crippen LogP) is 5.59. The second kappa shape index (κ2) is 7.77. The normalized spacial score (nSPS) is 16.9. The van der Waals surface area contributed by atoms with E-state index in [1.54, 1.807) is 16.7 Å². The Morgan fingerprint density at radius 1 is 1.04 bits per heavy atom. The number of aliphatic imine (C=N–C) groups is 1. The summed E-state index contributed by atoms with van der Waals surface area (Å²) in [7, 11) is 0. The van der Waals surface area contributed by atoms with E-state index in [1.807, 2.05) is 47.4 Å². The quantitative estimate of drug-likeness (QED) is 0.695. The Bertz CT molecular complexity index is 856. The van der Waals surface area contributed by atoms with Gasteiger partial charge in [0, 0.05) is 5.69 Å². The smallest absolute Gasteiger partial charge is 0.284 e. The molecule has 1 aliphatic rings. The van der Waals surface area contributed by atoms with E-state index >= 15 is 0 Å². The molecule has 0 spiro atoms. The Hall–Kier alpha value is -2.27. The van der Waals surface area contributed by atoms with Crippen LogP contribution in [0.5, 0.6) is 0 Å². The number of amides is 2. The van der Waals surface area contributed by atoms with E-state index in [0.717, 1.165) is 22.0 Å². The van der Waals surface area contributed by atoms with Crippen molar-refractivity contribution in [2.45, 2.75) is 46.7 Å². The molecule has 2 amide bonds. The van der Waals surface area contributed by atoms with Gasteiger partial charge in [-0.2, -0.15) is 0 Å². The summed E-state index contributed by atoms with van der Waals surface area (Å²) >= 11 is 1.62. The van der Waals surface area contributed by atoms with Crippen molar-refractivity contribution in [3.05, 3.63) is 65.2 Å². The highest BCUT2D eigenvalue weighted by atomic mass is 32.2. The fourth-order valence-corrected chi connectivity index (χ4v) is 4.10. The first kappa shape index (κ1) is 19.5. The minimum atomic E-state index is -0.237. The third-order valence-electron chi connectivity index (χ3n) is 4.50. The average molecular weight is 382 g/mol. The van der Waals surface area contributed by atoms with E-state index in [1.165, 1.54) is 5.56 Å². The maximum atomic E-state index is 13.4. The van der Waals surface area contributed by atoms with Crippen LogP contribution in [0.25, 0.3) is 0 Å². The third kappa shape index (κ3) is 4.53. The van der Waals surface area contributed by atoms with Gasteiger partial charge in [0.25, 0.3) is 0 Å². The molecule has 0 bridgehead atoms. The number of thioether (sulfide) groups is 1. The van der Waals surface area contributed by atoms with Gasteiger partial charge in [0.15, 0.2) is 5.17 Å². The fourth-order valence-electron chi connectivity index (χ4n) is 2.96. The molecule has 2 aromatic rings. The summed E-state index contributed by atoms with van der Waals surface area (Å²) in [5.74, 6) is 0.573. The van der Waals surface area contributed by atoms with Gasteiger partial charge in [-0.25, -0.2) is 4.79 Å². The Balaban J connectivity index is 1.98. The Kier molecular flexibility index (Phi) is 5.61.